The third-order valence-electron chi connectivity index (χ3n) is 6.63. The first kappa shape index (κ1) is 24.6. The highest BCUT2D eigenvalue weighted by molar-refractivity contribution is 6.34. The van der Waals surface area contributed by atoms with Crippen LogP contribution < -0.4 is 15.5 Å². The number of amides is 2. The zero-order valence-electron chi connectivity index (χ0n) is 20.4. The van der Waals surface area contributed by atoms with Crippen molar-refractivity contribution in [3.05, 3.63) is 130 Å². The molecule has 0 radical (unpaired) electrons. The molecule has 0 saturated carbocycles. The molecule has 0 aliphatic carbocycles. The number of rotatable bonds is 7. The fourth-order valence-electron chi connectivity index (χ4n) is 4.68. The Kier molecular flexibility index (Phi) is 7.52. The third-order valence-corrected chi connectivity index (χ3v) is 6.96. The first-order valence-electron chi connectivity index (χ1n) is 12.4. The maximum absolute atomic E-state index is 13.4. The van der Waals surface area contributed by atoms with Crippen molar-refractivity contribution in [3.63, 3.8) is 0 Å². The summed E-state index contributed by atoms with van der Waals surface area (Å²) in [6.07, 6.45) is 1.65. The van der Waals surface area contributed by atoms with E-state index in [1.807, 2.05) is 48.5 Å². The molecule has 0 atom stereocenters. The van der Waals surface area contributed by atoms with Gasteiger partial charge in [-0.15, -0.1) is 0 Å². The number of fused-ring (bicyclic) bond motifs is 1. The average Bonchev–Trinajstić information content (AvgIpc) is 2.93. The minimum absolute atomic E-state index is 0.168. The minimum Gasteiger partial charge on any atom is -0.366 e. The Morgan fingerprint density at radius 1 is 0.784 bits per heavy atom. The quantitative estimate of drug-likeness (QED) is 0.315. The molecule has 1 aliphatic heterocycles. The van der Waals surface area contributed by atoms with Crippen LogP contribution >= 0.6 is 11.6 Å². The Balaban J connectivity index is 1.39. The van der Waals surface area contributed by atoms with Crippen LogP contribution in [0.2, 0.25) is 5.02 Å². The zero-order valence-corrected chi connectivity index (χ0v) is 21.2. The van der Waals surface area contributed by atoms with Crippen LogP contribution in [0.4, 0.5) is 11.4 Å². The molecular weight excluding hydrogens is 482 g/mol. The number of benzene rings is 4. The second kappa shape index (κ2) is 11.3. The van der Waals surface area contributed by atoms with E-state index in [4.69, 9.17) is 11.6 Å². The monoisotopic (exact) mass is 509 g/mol. The topological polar surface area (TPSA) is 61.4 Å². The van der Waals surface area contributed by atoms with Gasteiger partial charge in [-0.05, 0) is 59.9 Å². The van der Waals surface area contributed by atoms with Gasteiger partial charge in [0.2, 0.25) is 0 Å². The molecule has 6 heteroatoms. The molecule has 0 spiro atoms. The van der Waals surface area contributed by atoms with Crippen LogP contribution in [0.1, 0.15) is 37.4 Å². The van der Waals surface area contributed by atoms with Crippen molar-refractivity contribution in [3.8, 4) is 0 Å². The summed E-state index contributed by atoms with van der Waals surface area (Å²) >= 11 is 6.21. The normalized spacial score (nSPS) is 12.5. The molecule has 4 aromatic carbocycles. The number of anilines is 2. The van der Waals surface area contributed by atoms with Gasteiger partial charge in [-0.3, -0.25) is 9.59 Å². The van der Waals surface area contributed by atoms with Gasteiger partial charge in [0.05, 0.1) is 16.1 Å². The average molecular weight is 510 g/mol. The number of halogens is 1. The molecule has 37 heavy (non-hydrogen) atoms. The van der Waals surface area contributed by atoms with Gasteiger partial charge in [-0.1, -0.05) is 78.3 Å². The van der Waals surface area contributed by atoms with E-state index in [1.54, 1.807) is 30.3 Å². The van der Waals surface area contributed by atoms with Gasteiger partial charge in [0, 0.05) is 31.0 Å². The van der Waals surface area contributed by atoms with Gasteiger partial charge in [0.25, 0.3) is 11.8 Å². The molecule has 5 nitrogen and oxygen atoms in total. The van der Waals surface area contributed by atoms with Crippen molar-refractivity contribution in [1.29, 1.82) is 0 Å². The van der Waals surface area contributed by atoms with Crippen LogP contribution in [0.5, 0.6) is 0 Å². The molecule has 2 N–H and O–H groups in total. The lowest BCUT2D eigenvalue weighted by atomic mass is 9.98. The molecule has 186 valence electrons. The molecule has 2 amide bonds. The Bertz CT molecular complexity index is 1420. The molecule has 0 fully saturated rings. The fourth-order valence-corrected chi connectivity index (χ4v) is 4.90. The van der Waals surface area contributed by atoms with Crippen molar-refractivity contribution in [2.45, 2.75) is 19.4 Å². The van der Waals surface area contributed by atoms with E-state index in [9.17, 15) is 9.59 Å². The van der Waals surface area contributed by atoms with E-state index in [1.165, 1.54) is 11.1 Å². The molecular formula is C31H28ClN3O2. The van der Waals surface area contributed by atoms with E-state index in [0.717, 1.165) is 37.2 Å². The summed E-state index contributed by atoms with van der Waals surface area (Å²) in [7, 11) is 0. The van der Waals surface area contributed by atoms with Crippen molar-refractivity contribution >= 4 is 34.8 Å². The lowest BCUT2D eigenvalue weighted by Crippen LogP contribution is -2.33. The summed E-state index contributed by atoms with van der Waals surface area (Å²) in [6, 6.07) is 30.9. The van der Waals surface area contributed by atoms with Gasteiger partial charge in [0.15, 0.2) is 0 Å². The van der Waals surface area contributed by atoms with Crippen molar-refractivity contribution in [2.24, 2.45) is 0 Å². The van der Waals surface area contributed by atoms with Crippen LogP contribution in [0.3, 0.4) is 0 Å². The van der Waals surface area contributed by atoms with E-state index in [2.05, 4.69) is 33.7 Å². The van der Waals surface area contributed by atoms with Crippen LogP contribution in [0.25, 0.3) is 0 Å². The van der Waals surface area contributed by atoms with Gasteiger partial charge >= 0.3 is 0 Å². The number of carbonyl (C=O) groups excluding carboxylic acids is 2. The molecule has 0 aromatic heterocycles. The predicted octanol–water partition coefficient (Wildman–Crippen LogP) is 6.13. The number of nitrogens with one attached hydrogen (secondary N) is 2. The maximum Gasteiger partial charge on any atom is 0.257 e. The SMILES string of the molecule is O=C(Nc1ccc(N2CCc3ccccc3C2)c(C(=O)NCCc2ccccc2)c1)c1ccccc1Cl. The predicted molar refractivity (Wildman–Crippen MR) is 150 cm³/mol. The maximum atomic E-state index is 13.4. The largest absolute Gasteiger partial charge is 0.366 e. The molecule has 0 saturated heterocycles. The lowest BCUT2D eigenvalue weighted by Gasteiger charge is -2.32. The van der Waals surface area contributed by atoms with Crippen LogP contribution in [0, 0.1) is 0 Å². The van der Waals surface area contributed by atoms with E-state index < -0.39 is 0 Å². The number of carbonyl (C=O) groups is 2. The zero-order chi connectivity index (χ0) is 25.6. The van der Waals surface area contributed by atoms with Gasteiger partial charge in [-0.25, -0.2) is 0 Å². The smallest absolute Gasteiger partial charge is 0.257 e. The summed E-state index contributed by atoms with van der Waals surface area (Å²) in [5, 5.41) is 6.35. The summed E-state index contributed by atoms with van der Waals surface area (Å²) in [5.41, 5.74) is 6.08. The molecule has 1 aliphatic rings. The Labute approximate surface area is 222 Å². The molecule has 5 rings (SSSR count). The number of nitrogens with zero attached hydrogens (tertiary/aromatic N) is 1. The van der Waals surface area contributed by atoms with Crippen molar-refractivity contribution < 1.29 is 9.59 Å². The summed E-state index contributed by atoms with van der Waals surface area (Å²) in [5.74, 6) is -0.487. The Morgan fingerprint density at radius 3 is 2.32 bits per heavy atom. The summed E-state index contributed by atoms with van der Waals surface area (Å²) in [6.45, 7) is 2.06. The highest BCUT2D eigenvalue weighted by Gasteiger charge is 2.22. The third kappa shape index (κ3) is 5.84. The molecule has 1 heterocycles. The van der Waals surface area contributed by atoms with Crippen LogP contribution in [0.15, 0.2) is 97.1 Å². The first-order valence-corrected chi connectivity index (χ1v) is 12.8. The van der Waals surface area contributed by atoms with E-state index >= 15 is 0 Å². The van der Waals surface area contributed by atoms with Gasteiger partial charge < -0.3 is 15.5 Å². The summed E-state index contributed by atoms with van der Waals surface area (Å²) in [4.78, 5) is 28.5. The fraction of sp³-hybridized carbons (Fsp3) is 0.161. The second-order valence-electron chi connectivity index (χ2n) is 9.10. The standard InChI is InChI=1S/C31H28ClN3O2/c32-28-13-7-6-12-26(28)31(37)34-25-14-15-29(35-19-17-23-10-4-5-11-24(23)21-35)27(20-25)30(36)33-18-16-22-8-2-1-3-9-22/h1-15,20H,16-19,21H2,(H,33,36)(H,34,37). The number of hydrogen-bond acceptors (Lipinski definition) is 3. The van der Waals surface area contributed by atoms with Crippen LogP contribution in [-0.4, -0.2) is 24.9 Å². The number of hydrogen-bond donors (Lipinski definition) is 2. The molecule has 0 unspecified atom stereocenters. The Hall–Kier alpha value is -4.09. The highest BCUT2D eigenvalue weighted by Crippen LogP contribution is 2.30. The second-order valence-corrected chi connectivity index (χ2v) is 9.50. The van der Waals surface area contributed by atoms with E-state index in [-0.39, 0.29) is 11.8 Å². The summed E-state index contributed by atoms with van der Waals surface area (Å²) < 4.78 is 0. The lowest BCUT2D eigenvalue weighted by molar-refractivity contribution is 0.0953. The van der Waals surface area contributed by atoms with Crippen molar-refractivity contribution in [2.75, 3.05) is 23.3 Å². The highest BCUT2D eigenvalue weighted by atomic mass is 35.5. The minimum atomic E-state index is -0.319. The molecule has 0 bridgehead atoms. The first-order chi connectivity index (χ1) is 18.1. The van der Waals surface area contributed by atoms with Crippen LogP contribution in [-0.2, 0) is 19.4 Å². The van der Waals surface area contributed by atoms with Gasteiger partial charge in [-0.2, -0.15) is 0 Å². The van der Waals surface area contributed by atoms with Crippen molar-refractivity contribution in [1.82, 2.24) is 5.32 Å². The van der Waals surface area contributed by atoms with Gasteiger partial charge in [0.1, 0.15) is 0 Å². The Morgan fingerprint density at radius 2 is 1.51 bits per heavy atom. The van der Waals surface area contributed by atoms with E-state index in [0.29, 0.717) is 28.4 Å². The molecule has 4 aromatic rings.